The third kappa shape index (κ3) is 7.13. The molecule has 12 nitrogen and oxygen atoms in total. The molecule has 4 atom stereocenters. The largest absolute Gasteiger partial charge is 0.492 e. The number of carboxylic acid groups (broad SMARTS) is 1. The van der Waals surface area contributed by atoms with Gasteiger partial charge < -0.3 is 15.2 Å². The number of amides is 1. The minimum absolute atomic E-state index is 0.0168. The van der Waals surface area contributed by atoms with Gasteiger partial charge in [0.1, 0.15) is 18.6 Å². The monoisotopic (exact) mass is 530 g/mol. The van der Waals surface area contributed by atoms with Crippen LogP contribution in [0.2, 0.25) is 0 Å². The van der Waals surface area contributed by atoms with Gasteiger partial charge in [-0.1, -0.05) is 12.8 Å². The third-order valence-electron chi connectivity index (χ3n) is 8.02. The van der Waals surface area contributed by atoms with E-state index in [1.54, 1.807) is 0 Å². The van der Waals surface area contributed by atoms with E-state index in [0.29, 0.717) is 13.2 Å². The second-order valence-electron chi connectivity index (χ2n) is 10.7. The number of anilines is 1. The van der Waals surface area contributed by atoms with Crippen molar-refractivity contribution in [2.75, 3.05) is 70.8 Å². The van der Waals surface area contributed by atoms with E-state index in [2.05, 4.69) is 36.6 Å². The van der Waals surface area contributed by atoms with Crippen molar-refractivity contribution >= 4 is 17.6 Å². The summed E-state index contributed by atoms with van der Waals surface area (Å²) < 4.78 is 5.97. The number of aliphatic carboxylic acids is 1. The number of carbonyl (C=O) groups is 2. The van der Waals surface area contributed by atoms with E-state index in [1.165, 1.54) is 25.7 Å². The molecule has 1 amide bonds. The van der Waals surface area contributed by atoms with E-state index in [-0.39, 0.29) is 36.9 Å². The lowest BCUT2D eigenvalue weighted by Gasteiger charge is -2.48. The van der Waals surface area contributed by atoms with Crippen LogP contribution in [-0.2, 0) is 9.59 Å². The standard InChI is InChI=1S/C26H42N8O4/c35-22(36)18-33-13-11-32(12-14-33)15-16-38-20-7-5-19(6-8-20)28-24-23-21(17-27-31-25(23)37)29-26(30-24)34-9-3-1-2-4-10-34/h5-8,21,23-24,26-30H,1-4,9-18H2,(H,31,37)(H,35,36). The third-order valence-corrected chi connectivity index (χ3v) is 8.02. The van der Waals surface area contributed by atoms with Crippen LogP contribution in [0.1, 0.15) is 25.7 Å². The molecule has 0 radical (unpaired) electrons. The van der Waals surface area contributed by atoms with Gasteiger partial charge in [0.15, 0.2) is 0 Å². The van der Waals surface area contributed by atoms with Crippen LogP contribution in [0.4, 0.5) is 5.69 Å². The predicted octanol–water partition coefficient (Wildman–Crippen LogP) is -0.523. The molecule has 4 aliphatic rings. The molecule has 4 aliphatic heterocycles. The van der Waals surface area contributed by atoms with Gasteiger partial charge in [-0.05, 0) is 37.1 Å². The summed E-state index contributed by atoms with van der Waals surface area (Å²) in [6.45, 7) is 7.54. The Labute approximate surface area is 224 Å². The molecule has 12 heteroatoms. The first-order valence-electron chi connectivity index (χ1n) is 14.0. The SMILES string of the molecule is O=C(O)CN1CCN(CCOc2ccc(NC3NC(N4CCCCCC4)NC4CNNC(=O)C43)cc2)CC1. The zero-order valence-corrected chi connectivity index (χ0v) is 22.0. The number of nitrogens with one attached hydrogen (secondary N) is 5. The Balaban J connectivity index is 1.12. The van der Waals surface area contributed by atoms with Crippen LogP contribution in [0, 0.1) is 5.92 Å². The highest BCUT2D eigenvalue weighted by molar-refractivity contribution is 5.81. The molecule has 0 bridgehead atoms. The Morgan fingerprint density at radius 2 is 1.68 bits per heavy atom. The average Bonchev–Trinajstić information content (AvgIpc) is 3.20. The molecular formula is C26H42N8O4. The van der Waals surface area contributed by atoms with E-state index in [4.69, 9.17) is 9.84 Å². The van der Waals surface area contributed by atoms with E-state index in [0.717, 1.165) is 57.3 Å². The van der Waals surface area contributed by atoms with Crippen LogP contribution >= 0.6 is 0 Å². The number of nitrogens with zero attached hydrogens (tertiary/aromatic N) is 3. The maximum absolute atomic E-state index is 12.8. The van der Waals surface area contributed by atoms with Crippen molar-refractivity contribution < 1.29 is 19.4 Å². The number of rotatable bonds is 9. The molecule has 1 aromatic carbocycles. The Hall–Kier alpha value is -2.48. The Kier molecular flexibility index (Phi) is 9.31. The Morgan fingerprint density at radius 3 is 2.39 bits per heavy atom. The summed E-state index contributed by atoms with van der Waals surface area (Å²) in [6.07, 6.45) is 4.77. The van der Waals surface area contributed by atoms with Crippen LogP contribution in [0.15, 0.2) is 24.3 Å². The second-order valence-corrected chi connectivity index (χ2v) is 10.7. The van der Waals surface area contributed by atoms with E-state index < -0.39 is 5.97 Å². The number of benzene rings is 1. The van der Waals surface area contributed by atoms with Gasteiger partial charge in [0.2, 0.25) is 5.91 Å². The number of hydrogen-bond donors (Lipinski definition) is 6. The molecule has 0 spiro atoms. The summed E-state index contributed by atoms with van der Waals surface area (Å²) in [5.74, 6) is -0.229. The van der Waals surface area contributed by atoms with Crippen molar-refractivity contribution in [3.8, 4) is 5.75 Å². The average molecular weight is 531 g/mol. The highest BCUT2D eigenvalue weighted by Gasteiger charge is 2.44. The van der Waals surface area contributed by atoms with Gasteiger partial charge in [-0.3, -0.25) is 40.3 Å². The fraction of sp³-hybridized carbons (Fsp3) is 0.692. The highest BCUT2D eigenvalue weighted by atomic mass is 16.5. The summed E-state index contributed by atoms with van der Waals surface area (Å²) >= 11 is 0. The fourth-order valence-corrected chi connectivity index (χ4v) is 5.89. The van der Waals surface area contributed by atoms with Gasteiger partial charge >= 0.3 is 5.97 Å². The fourth-order valence-electron chi connectivity index (χ4n) is 5.89. The zero-order valence-electron chi connectivity index (χ0n) is 22.0. The van der Waals surface area contributed by atoms with Crippen LogP contribution < -0.4 is 31.5 Å². The lowest BCUT2D eigenvalue weighted by Crippen LogP contribution is -2.76. The van der Waals surface area contributed by atoms with E-state index in [1.807, 2.05) is 29.2 Å². The number of likely N-dealkylation sites (tertiary alicyclic amines) is 1. The minimum atomic E-state index is -0.772. The first-order valence-corrected chi connectivity index (χ1v) is 14.0. The molecule has 4 fully saturated rings. The van der Waals surface area contributed by atoms with Crippen molar-refractivity contribution in [3.05, 3.63) is 24.3 Å². The molecule has 5 rings (SSSR count). The highest BCUT2D eigenvalue weighted by Crippen LogP contribution is 2.24. The minimum Gasteiger partial charge on any atom is -0.492 e. The summed E-state index contributed by atoms with van der Waals surface area (Å²) in [5.41, 5.74) is 6.76. The Bertz CT molecular complexity index is 918. The molecule has 6 N–H and O–H groups in total. The molecular weight excluding hydrogens is 488 g/mol. The van der Waals surface area contributed by atoms with Gasteiger partial charge in [-0.15, -0.1) is 0 Å². The van der Waals surface area contributed by atoms with E-state index >= 15 is 0 Å². The molecule has 38 heavy (non-hydrogen) atoms. The number of fused-ring (bicyclic) bond motifs is 1. The molecule has 4 heterocycles. The Morgan fingerprint density at radius 1 is 0.974 bits per heavy atom. The first kappa shape index (κ1) is 27.1. The van der Waals surface area contributed by atoms with Crippen LogP contribution in [-0.4, -0.2) is 116 Å². The van der Waals surface area contributed by atoms with E-state index in [9.17, 15) is 9.59 Å². The number of piperazine rings is 1. The van der Waals surface area contributed by atoms with Crippen LogP contribution in [0.3, 0.4) is 0 Å². The van der Waals surface area contributed by atoms with Gasteiger partial charge in [0, 0.05) is 64.1 Å². The summed E-state index contributed by atoms with van der Waals surface area (Å²) in [5, 5.41) is 19.8. The molecule has 4 unspecified atom stereocenters. The normalized spacial score (nSPS) is 29.6. The van der Waals surface area contributed by atoms with Crippen molar-refractivity contribution in [1.29, 1.82) is 0 Å². The van der Waals surface area contributed by atoms with Gasteiger partial charge in [0.05, 0.1) is 18.6 Å². The molecule has 0 aliphatic carbocycles. The quantitative estimate of drug-likeness (QED) is 0.246. The summed E-state index contributed by atoms with van der Waals surface area (Å²) in [4.78, 5) is 30.4. The maximum atomic E-state index is 12.8. The molecule has 1 aromatic rings. The smallest absolute Gasteiger partial charge is 0.317 e. The zero-order chi connectivity index (χ0) is 26.3. The van der Waals surface area contributed by atoms with Crippen LogP contribution in [0.5, 0.6) is 5.75 Å². The number of ether oxygens (including phenoxy) is 1. The maximum Gasteiger partial charge on any atom is 0.317 e. The van der Waals surface area contributed by atoms with Crippen molar-refractivity contribution in [2.24, 2.45) is 5.92 Å². The van der Waals surface area contributed by atoms with Crippen molar-refractivity contribution in [1.82, 2.24) is 36.2 Å². The van der Waals surface area contributed by atoms with Gasteiger partial charge in [0.25, 0.3) is 0 Å². The molecule has 0 saturated carbocycles. The number of hydrogen-bond acceptors (Lipinski definition) is 10. The lowest BCUT2D eigenvalue weighted by molar-refractivity contribution is -0.138. The lowest BCUT2D eigenvalue weighted by atomic mass is 9.91. The molecule has 4 saturated heterocycles. The van der Waals surface area contributed by atoms with Crippen LogP contribution in [0.25, 0.3) is 0 Å². The molecule has 210 valence electrons. The molecule has 0 aromatic heterocycles. The summed E-state index contributed by atoms with van der Waals surface area (Å²) in [7, 11) is 0. The van der Waals surface area contributed by atoms with Gasteiger partial charge in [-0.2, -0.15) is 0 Å². The van der Waals surface area contributed by atoms with Gasteiger partial charge in [-0.25, -0.2) is 5.43 Å². The second kappa shape index (κ2) is 13.0. The van der Waals surface area contributed by atoms with Crippen molar-refractivity contribution in [2.45, 2.75) is 44.2 Å². The number of hydrazine groups is 1. The topological polar surface area (TPSA) is 133 Å². The number of carbonyl (C=O) groups excluding carboxylic acids is 1. The first-order chi connectivity index (χ1) is 18.5. The summed E-state index contributed by atoms with van der Waals surface area (Å²) in [6, 6.07) is 7.95. The predicted molar refractivity (Wildman–Crippen MR) is 143 cm³/mol. The van der Waals surface area contributed by atoms with Crippen molar-refractivity contribution in [3.63, 3.8) is 0 Å². The number of carboxylic acids is 1.